The van der Waals surface area contributed by atoms with Crippen molar-refractivity contribution < 1.29 is 0 Å². The Morgan fingerprint density at radius 3 is 2.42 bits per heavy atom. The van der Waals surface area contributed by atoms with Crippen LogP contribution in [0.1, 0.15) is 25.7 Å². The van der Waals surface area contributed by atoms with Gasteiger partial charge in [-0.3, -0.25) is 4.90 Å². The molecule has 12 heavy (non-hydrogen) atoms. The zero-order valence-electron chi connectivity index (χ0n) is 7.88. The Labute approximate surface area is 74.2 Å². The van der Waals surface area contributed by atoms with E-state index in [1.807, 2.05) is 14.1 Å². The van der Waals surface area contributed by atoms with E-state index in [4.69, 9.17) is 0 Å². The van der Waals surface area contributed by atoms with Gasteiger partial charge in [0.2, 0.25) is 0 Å². The highest BCUT2D eigenvalue weighted by Gasteiger charge is 2.52. The third-order valence-electron chi connectivity index (χ3n) is 3.81. The molecule has 0 saturated heterocycles. The summed E-state index contributed by atoms with van der Waals surface area (Å²) in [5.74, 6) is 1.50. The van der Waals surface area contributed by atoms with E-state index in [2.05, 4.69) is 11.0 Å². The summed E-state index contributed by atoms with van der Waals surface area (Å²) in [5, 5.41) is 9.22. The summed E-state index contributed by atoms with van der Waals surface area (Å²) in [6.07, 6.45) is 5.05. The number of nitrogens with zero attached hydrogens (tertiary/aromatic N) is 2. The largest absolute Gasteiger partial charge is 0.291 e. The predicted molar refractivity (Wildman–Crippen MR) is 47.5 cm³/mol. The van der Waals surface area contributed by atoms with E-state index in [0.29, 0.717) is 5.92 Å². The molecule has 2 bridgehead atoms. The maximum atomic E-state index is 9.22. The molecule has 0 aromatic carbocycles. The Morgan fingerprint density at radius 2 is 2.17 bits per heavy atom. The van der Waals surface area contributed by atoms with Crippen molar-refractivity contribution in [3.8, 4) is 6.07 Å². The van der Waals surface area contributed by atoms with Crippen molar-refractivity contribution in [2.75, 3.05) is 14.1 Å². The second-order valence-electron chi connectivity index (χ2n) is 4.51. The van der Waals surface area contributed by atoms with E-state index in [-0.39, 0.29) is 5.54 Å². The van der Waals surface area contributed by atoms with Gasteiger partial charge in [0.25, 0.3) is 0 Å². The minimum Gasteiger partial charge on any atom is -0.291 e. The number of nitriles is 1. The standard InChI is InChI=1S/C10H16N2/c1-12(2)10(7-11)6-8-3-4-9(10)5-8/h8-9H,3-6H2,1-2H3. The topological polar surface area (TPSA) is 27.0 Å². The van der Waals surface area contributed by atoms with Crippen molar-refractivity contribution in [1.29, 1.82) is 5.26 Å². The van der Waals surface area contributed by atoms with E-state index in [1.165, 1.54) is 19.3 Å². The highest BCUT2D eigenvalue weighted by Crippen LogP contribution is 2.52. The number of hydrogen-bond donors (Lipinski definition) is 0. The van der Waals surface area contributed by atoms with Crippen LogP contribution in [0.5, 0.6) is 0 Å². The Morgan fingerprint density at radius 1 is 1.42 bits per heavy atom. The molecule has 2 aliphatic carbocycles. The van der Waals surface area contributed by atoms with Crippen LogP contribution in [0.4, 0.5) is 0 Å². The van der Waals surface area contributed by atoms with Crippen molar-refractivity contribution in [3.05, 3.63) is 0 Å². The molecule has 0 aromatic heterocycles. The summed E-state index contributed by atoms with van der Waals surface area (Å²) in [4.78, 5) is 2.14. The first-order valence-corrected chi connectivity index (χ1v) is 4.78. The number of fused-ring (bicyclic) bond motifs is 2. The van der Waals surface area contributed by atoms with Gasteiger partial charge in [0.1, 0.15) is 5.54 Å². The molecular weight excluding hydrogens is 148 g/mol. The summed E-state index contributed by atoms with van der Waals surface area (Å²) in [6, 6.07) is 2.53. The zero-order valence-corrected chi connectivity index (χ0v) is 7.88. The second kappa shape index (κ2) is 2.47. The van der Waals surface area contributed by atoms with Gasteiger partial charge in [-0.05, 0) is 51.6 Å². The van der Waals surface area contributed by atoms with Gasteiger partial charge in [0.15, 0.2) is 0 Å². The van der Waals surface area contributed by atoms with Gasteiger partial charge >= 0.3 is 0 Å². The molecule has 2 saturated carbocycles. The summed E-state index contributed by atoms with van der Waals surface area (Å²) < 4.78 is 0. The normalized spacial score (nSPS) is 45.2. The van der Waals surface area contributed by atoms with E-state index < -0.39 is 0 Å². The van der Waals surface area contributed by atoms with Crippen LogP contribution in [0, 0.1) is 23.2 Å². The molecule has 2 fully saturated rings. The lowest BCUT2D eigenvalue weighted by Gasteiger charge is -2.37. The molecule has 3 unspecified atom stereocenters. The van der Waals surface area contributed by atoms with Crippen LogP contribution >= 0.6 is 0 Å². The first-order chi connectivity index (χ1) is 5.69. The number of rotatable bonds is 1. The molecule has 2 nitrogen and oxygen atoms in total. The van der Waals surface area contributed by atoms with Crippen molar-refractivity contribution in [3.63, 3.8) is 0 Å². The molecule has 3 atom stereocenters. The maximum absolute atomic E-state index is 9.22. The third kappa shape index (κ3) is 0.834. The third-order valence-corrected chi connectivity index (χ3v) is 3.81. The second-order valence-corrected chi connectivity index (χ2v) is 4.51. The van der Waals surface area contributed by atoms with Crippen LogP contribution in [-0.4, -0.2) is 24.5 Å². The average Bonchev–Trinajstić information content (AvgIpc) is 2.62. The Balaban J connectivity index is 2.27. The van der Waals surface area contributed by atoms with Gasteiger partial charge in [-0.15, -0.1) is 0 Å². The molecular formula is C10H16N2. The van der Waals surface area contributed by atoms with E-state index in [1.54, 1.807) is 0 Å². The predicted octanol–water partition coefficient (Wildman–Crippen LogP) is 1.63. The van der Waals surface area contributed by atoms with Crippen LogP contribution in [0.3, 0.4) is 0 Å². The molecule has 66 valence electrons. The molecule has 2 heteroatoms. The monoisotopic (exact) mass is 164 g/mol. The van der Waals surface area contributed by atoms with Crippen molar-refractivity contribution >= 4 is 0 Å². The first kappa shape index (κ1) is 8.07. The first-order valence-electron chi connectivity index (χ1n) is 4.78. The highest BCUT2D eigenvalue weighted by atomic mass is 15.2. The van der Waals surface area contributed by atoms with Gasteiger partial charge < -0.3 is 0 Å². The highest BCUT2D eigenvalue weighted by molar-refractivity contribution is 5.18. The lowest BCUT2D eigenvalue weighted by molar-refractivity contribution is 0.140. The van der Waals surface area contributed by atoms with Crippen molar-refractivity contribution in [2.24, 2.45) is 11.8 Å². The molecule has 0 spiro atoms. The summed E-state index contributed by atoms with van der Waals surface area (Å²) >= 11 is 0. The maximum Gasteiger partial charge on any atom is 0.111 e. The summed E-state index contributed by atoms with van der Waals surface area (Å²) in [7, 11) is 4.09. The zero-order chi connectivity index (χ0) is 8.77. The van der Waals surface area contributed by atoms with Crippen LogP contribution in [0.15, 0.2) is 0 Å². The Bertz CT molecular complexity index is 228. The fourth-order valence-corrected chi connectivity index (χ4v) is 3.09. The van der Waals surface area contributed by atoms with Crippen LogP contribution < -0.4 is 0 Å². The van der Waals surface area contributed by atoms with Gasteiger partial charge in [-0.2, -0.15) is 5.26 Å². The van der Waals surface area contributed by atoms with Gasteiger partial charge in [0.05, 0.1) is 6.07 Å². The summed E-state index contributed by atoms with van der Waals surface area (Å²) in [5.41, 5.74) is -0.108. The van der Waals surface area contributed by atoms with Gasteiger partial charge in [-0.1, -0.05) is 0 Å². The average molecular weight is 164 g/mol. The molecule has 2 aliphatic rings. The molecule has 2 rings (SSSR count). The molecule has 0 N–H and O–H groups in total. The lowest BCUT2D eigenvalue weighted by atomic mass is 9.81. The van der Waals surface area contributed by atoms with Crippen molar-refractivity contribution in [2.45, 2.75) is 31.2 Å². The molecule has 0 aromatic rings. The minimum atomic E-state index is -0.108. The van der Waals surface area contributed by atoms with E-state index >= 15 is 0 Å². The molecule has 0 radical (unpaired) electrons. The fourth-order valence-electron chi connectivity index (χ4n) is 3.09. The van der Waals surface area contributed by atoms with Crippen LogP contribution in [-0.2, 0) is 0 Å². The van der Waals surface area contributed by atoms with Crippen molar-refractivity contribution in [1.82, 2.24) is 4.90 Å². The Hall–Kier alpha value is -0.550. The summed E-state index contributed by atoms with van der Waals surface area (Å²) in [6.45, 7) is 0. The van der Waals surface area contributed by atoms with Gasteiger partial charge in [-0.25, -0.2) is 0 Å². The fraction of sp³-hybridized carbons (Fsp3) is 0.900. The molecule has 0 aliphatic heterocycles. The van der Waals surface area contributed by atoms with E-state index in [0.717, 1.165) is 12.3 Å². The number of hydrogen-bond acceptors (Lipinski definition) is 2. The Kier molecular flexibility index (Phi) is 1.66. The molecule has 0 heterocycles. The van der Waals surface area contributed by atoms with E-state index in [9.17, 15) is 5.26 Å². The van der Waals surface area contributed by atoms with Crippen LogP contribution in [0.25, 0.3) is 0 Å². The van der Waals surface area contributed by atoms with Gasteiger partial charge in [0, 0.05) is 0 Å². The molecule has 0 amide bonds. The lowest BCUT2D eigenvalue weighted by Crippen LogP contribution is -2.47. The quantitative estimate of drug-likeness (QED) is 0.589. The minimum absolute atomic E-state index is 0.108. The van der Waals surface area contributed by atoms with Crippen LogP contribution in [0.2, 0.25) is 0 Å². The SMILES string of the molecule is CN(C)C1(C#N)CC2CCC1C2. The smallest absolute Gasteiger partial charge is 0.111 e.